The van der Waals surface area contributed by atoms with Crippen LogP contribution >= 0.6 is 39.1 Å². The predicted molar refractivity (Wildman–Crippen MR) is 126 cm³/mol. The summed E-state index contributed by atoms with van der Waals surface area (Å²) in [6, 6.07) is 17.8. The largest absolute Gasteiger partial charge is 0.423 e. The van der Waals surface area contributed by atoms with Crippen LogP contribution in [0, 0.1) is 0 Å². The number of nitrogens with zero attached hydrogens (tertiary/aromatic N) is 1. The highest BCUT2D eigenvalue weighted by atomic mass is 79.9. The van der Waals surface area contributed by atoms with E-state index in [2.05, 4.69) is 31.8 Å². The lowest BCUT2D eigenvalue weighted by Gasteiger charge is -2.06. The van der Waals surface area contributed by atoms with E-state index in [0.717, 1.165) is 0 Å². The van der Waals surface area contributed by atoms with E-state index in [1.165, 1.54) is 24.4 Å². The molecular formula is C22H14BrCl2N3O4. The van der Waals surface area contributed by atoms with Crippen molar-refractivity contribution in [1.82, 2.24) is 5.43 Å². The third-order valence-electron chi connectivity index (χ3n) is 3.95. The summed E-state index contributed by atoms with van der Waals surface area (Å²) in [4.78, 5) is 36.0. The summed E-state index contributed by atoms with van der Waals surface area (Å²) < 4.78 is 5.96. The molecule has 0 aliphatic carbocycles. The van der Waals surface area contributed by atoms with E-state index in [9.17, 15) is 14.4 Å². The number of halogens is 3. The molecule has 10 heteroatoms. The van der Waals surface area contributed by atoms with Crippen molar-refractivity contribution < 1.29 is 19.1 Å². The van der Waals surface area contributed by atoms with Crippen LogP contribution in [0.15, 0.2) is 76.3 Å². The van der Waals surface area contributed by atoms with Gasteiger partial charge in [0, 0.05) is 10.2 Å². The molecule has 7 nitrogen and oxygen atoms in total. The lowest BCUT2D eigenvalue weighted by atomic mass is 10.2. The summed E-state index contributed by atoms with van der Waals surface area (Å²) in [6.07, 6.45) is 1.34. The van der Waals surface area contributed by atoms with E-state index in [4.69, 9.17) is 27.9 Å². The molecule has 0 bridgehead atoms. The lowest BCUT2D eigenvalue weighted by Crippen LogP contribution is -2.32. The number of carbonyl (C=O) groups excluding carboxylic acids is 3. The van der Waals surface area contributed by atoms with Gasteiger partial charge in [0.15, 0.2) is 0 Å². The van der Waals surface area contributed by atoms with Gasteiger partial charge in [-0.05, 0) is 76.1 Å². The molecule has 0 aliphatic rings. The molecule has 0 saturated heterocycles. The molecule has 3 aromatic rings. The van der Waals surface area contributed by atoms with Crippen LogP contribution in [0.25, 0.3) is 0 Å². The van der Waals surface area contributed by atoms with Gasteiger partial charge in [-0.3, -0.25) is 9.59 Å². The maximum absolute atomic E-state index is 12.2. The summed E-state index contributed by atoms with van der Waals surface area (Å²) in [7, 11) is 0. The molecule has 32 heavy (non-hydrogen) atoms. The average Bonchev–Trinajstić information content (AvgIpc) is 2.77. The van der Waals surface area contributed by atoms with E-state index < -0.39 is 17.8 Å². The van der Waals surface area contributed by atoms with Crippen molar-refractivity contribution in [2.24, 2.45) is 5.10 Å². The molecule has 0 aromatic heterocycles. The zero-order valence-corrected chi connectivity index (χ0v) is 19.2. The zero-order valence-electron chi connectivity index (χ0n) is 16.1. The monoisotopic (exact) mass is 533 g/mol. The molecule has 0 spiro atoms. The number of benzene rings is 3. The van der Waals surface area contributed by atoms with Gasteiger partial charge in [0.1, 0.15) is 5.75 Å². The van der Waals surface area contributed by atoms with Crippen LogP contribution < -0.4 is 15.5 Å². The minimum Gasteiger partial charge on any atom is -0.423 e. The predicted octanol–water partition coefficient (Wildman–Crippen LogP) is 5.06. The van der Waals surface area contributed by atoms with Crippen LogP contribution in [0.2, 0.25) is 10.0 Å². The Morgan fingerprint density at radius 1 is 0.906 bits per heavy atom. The Kier molecular flexibility index (Phi) is 7.99. The number of nitrogens with one attached hydrogen (secondary N) is 2. The number of anilines is 1. The topological polar surface area (TPSA) is 96.9 Å². The summed E-state index contributed by atoms with van der Waals surface area (Å²) in [6.45, 7) is 0. The molecule has 3 aromatic carbocycles. The van der Waals surface area contributed by atoms with Crippen LogP contribution in [-0.4, -0.2) is 24.0 Å². The van der Waals surface area contributed by atoms with Crippen LogP contribution in [0.4, 0.5) is 5.69 Å². The molecular weight excluding hydrogens is 521 g/mol. The molecule has 0 unspecified atom stereocenters. The minimum atomic E-state index is -0.966. The van der Waals surface area contributed by atoms with Gasteiger partial charge in [-0.15, -0.1) is 0 Å². The molecule has 0 radical (unpaired) electrons. The highest BCUT2D eigenvalue weighted by molar-refractivity contribution is 9.10. The molecule has 0 saturated carbocycles. The maximum atomic E-state index is 12.2. The smallest absolute Gasteiger partial charge is 0.344 e. The van der Waals surface area contributed by atoms with Crippen molar-refractivity contribution in [2.75, 3.05) is 5.32 Å². The number of amides is 2. The SMILES string of the molecule is O=C(N/N=C\c1ccc(OC(=O)c2ccccc2Br)cc1)C(=O)Nc1ccc(Cl)c(Cl)c1. The Bertz CT molecular complexity index is 1200. The average molecular weight is 535 g/mol. The number of hydrazone groups is 1. The van der Waals surface area contributed by atoms with E-state index in [-0.39, 0.29) is 5.02 Å². The van der Waals surface area contributed by atoms with Gasteiger partial charge < -0.3 is 10.1 Å². The first kappa shape index (κ1) is 23.5. The van der Waals surface area contributed by atoms with Gasteiger partial charge in [0.2, 0.25) is 0 Å². The number of hydrogen-bond acceptors (Lipinski definition) is 5. The van der Waals surface area contributed by atoms with Crippen molar-refractivity contribution in [3.63, 3.8) is 0 Å². The van der Waals surface area contributed by atoms with Gasteiger partial charge in [-0.2, -0.15) is 5.10 Å². The lowest BCUT2D eigenvalue weighted by molar-refractivity contribution is -0.136. The van der Waals surface area contributed by atoms with Crippen molar-refractivity contribution in [2.45, 2.75) is 0 Å². The Morgan fingerprint density at radius 2 is 1.62 bits per heavy atom. The van der Waals surface area contributed by atoms with Gasteiger partial charge in [0.05, 0.1) is 21.8 Å². The molecule has 0 heterocycles. The second kappa shape index (κ2) is 10.9. The summed E-state index contributed by atoms with van der Waals surface area (Å²) in [5.41, 5.74) is 3.45. The minimum absolute atomic E-state index is 0.244. The Balaban J connectivity index is 1.52. The molecule has 0 aliphatic heterocycles. The van der Waals surface area contributed by atoms with Crippen molar-refractivity contribution in [3.8, 4) is 5.75 Å². The van der Waals surface area contributed by atoms with Crippen LogP contribution in [-0.2, 0) is 9.59 Å². The summed E-state index contributed by atoms with van der Waals surface area (Å²) in [5.74, 6) is -2.05. The second-order valence-corrected chi connectivity index (χ2v) is 7.89. The second-order valence-electron chi connectivity index (χ2n) is 6.22. The van der Waals surface area contributed by atoms with E-state index >= 15 is 0 Å². The third kappa shape index (κ3) is 6.40. The van der Waals surface area contributed by atoms with Gasteiger partial charge in [-0.1, -0.05) is 35.3 Å². The van der Waals surface area contributed by atoms with E-state index in [1.54, 1.807) is 48.5 Å². The first-order valence-electron chi connectivity index (χ1n) is 8.99. The highest BCUT2D eigenvalue weighted by Crippen LogP contribution is 2.25. The van der Waals surface area contributed by atoms with Crippen molar-refractivity contribution in [1.29, 1.82) is 0 Å². The fourth-order valence-electron chi connectivity index (χ4n) is 2.39. The first-order chi connectivity index (χ1) is 15.3. The molecule has 0 atom stereocenters. The molecule has 2 amide bonds. The molecule has 2 N–H and O–H groups in total. The number of esters is 1. The fourth-order valence-corrected chi connectivity index (χ4v) is 3.13. The normalized spacial score (nSPS) is 10.6. The maximum Gasteiger partial charge on any atom is 0.344 e. The van der Waals surface area contributed by atoms with Gasteiger partial charge in [0.25, 0.3) is 0 Å². The molecule has 162 valence electrons. The van der Waals surface area contributed by atoms with Crippen molar-refractivity contribution in [3.05, 3.63) is 92.4 Å². The zero-order chi connectivity index (χ0) is 23.1. The number of rotatable bonds is 5. The fraction of sp³-hybridized carbons (Fsp3) is 0. The van der Waals surface area contributed by atoms with E-state index in [1.807, 2.05) is 0 Å². The standard InChI is InChI=1S/C22H14BrCl2N3O4/c23-17-4-2-1-3-16(17)22(31)32-15-8-5-13(6-9-15)12-26-28-21(30)20(29)27-14-7-10-18(24)19(25)11-14/h1-12H,(H,27,29)(H,28,30)/b26-12-. The number of carbonyl (C=O) groups is 3. The third-order valence-corrected chi connectivity index (χ3v) is 5.38. The Hall–Kier alpha value is -3.20. The number of ether oxygens (including phenoxy) is 1. The van der Waals surface area contributed by atoms with Gasteiger partial charge >= 0.3 is 17.8 Å². The highest BCUT2D eigenvalue weighted by Gasteiger charge is 2.14. The first-order valence-corrected chi connectivity index (χ1v) is 10.5. The summed E-state index contributed by atoms with van der Waals surface area (Å²) >= 11 is 15.0. The van der Waals surface area contributed by atoms with Crippen LogP contribution in [0.5, 0.6) is 5.75 Å². The quantitative estimate of drug-likeness (QED) is 0.157. The molecule has 3 rings (SSSR count). The number of hydrogen-bond donors (Lipinski definition) is 2. The Morgan fingerprint density at radius 3 is 2.31 bits per heavy atom. The van der Waals surface area contributed by atoms with Crippen molar-refractivity contribution >= 4 is 68.8 Å². The molecule has 0 fully saturated rings. The van der Waals surface area contributed by atoms with Crippen LogP contribution in [0.1, 0.15) is 15.9 Å². The Labute approximate surface area is 201 Å². The van der Waals surface area contributed by atoms with E-state index in [0.29, 0.717) is 32.1 Å². The van der Waals surface area contributed by atoms with Crippen LogP contribution in [0.3, 0.4) is 0 Å². The summed E-state index contributed by atoms with van der Waals surface area (Å²) in [5, 5.41) is 6.69. The van der Waals surface area contributed by atoms with Gasteiger partial charge in [-0.25, -0.2) is 10.2 Å².